The molecule has 1 unspecified atom stereocenters. The minimum Gasteiger partial charge on any atom is -0.459 e. The Balaban J connectivity index is 1.24. The summed E-state index contributed by atoms with van der Waals surface area (Å²) in [6.07, 6.45) is -3.43. The highest BCUT2D eigenvalue weighted by Crippen LogP contribution is 2.32. The standard InChI is InChI=1S/C28H29ClN4O8/c29-21-10-22-26(33-27(31-22)41-20-9-23(37)24(12-35)39-14-20)32-25(21)17-3-1-15(2-4-17)16-5-7-18(8-6-16)30-28(38)40-13-19(36)11-34/h1-8,10,19-20,23-24,34-37H,9,11-14H2,(H,30,38)(H,31,32,33)/t19?,20-,23+,24-/m1/s1. The second kappa shape index (κ2) is 12.8. The van der Waals surface area contributed by atoms with Crippen molar-refractivity contribution in [2.75, 3.05) is 31.7 Å². The fourth-order valence-corrected chi connectivity index (χ4v) is 4.61. The molecular weight excluding hydrogens is 556 g/mol. The zero-order valence-electron chi connectivity index (χ0n) is 21.7. The van der Waals surface area contributed by atoms with Crippen LogP contribution in [0.15, 0.2) is 54.6 Å². The molecule has 2 aromatic carbocycles. The van der Waals surface area contributed by atoms with Gasteiger partial charge in [0.25, 0.3) is 6.01 Å². The first-order valence-electron chi connectivity index (χ1n) is 12.9. The molecule has 0 aliphatic carbocycles. The van der Waals surface area contributed by atoms with E-state index in [-0.39, 0.29) is 25.8 Å². The summed E-state index contributed by atoms with van der Waals surface area (Å²) in [5.41, 5.74) is 4.71. The van der Waals surface area contributed by atoms with Gasteiger partial charge in [-0.05, 0) is 29.3 Å². The summed E-state index contributed by atoms with van der Waals surface area (Å²) >= 11 is 6.55. The van der Waals surface area contributed by atoms with Gasteiger partial charge < -0.3 is 39.6 Å². The fraction of sp³-hybridized carbons (Fsp3) is 0.321. The Morgan fingerprint density at radius 3 is 2.44 bits per heavy atom. The fourth-order valence-electron chi connectivity index (χ4n) is 4.34. The molecule has 6 N–H and O–H groups in total. The Hall–Kier alpha value is -3.78. The molecule has 0 spiro atoms. The van der Waals surface area contributed by atoms with Crippen LogP contribution in [0.25, 0.3) is 33.5 Å². The van der Waals surface area contributed by atoms with Crippen LogP contribution in [0, 0.1) is 0 Å². The molecule has 41 heavy (non-hydrogen) atoms. The number of aliphatic hydroxyl groups is 4. The number of halogens is 1. The normalized spacial score (nSPS) is 19.6. The van der Waals surface area contributed by atoms with Crippen LogP contribution in [0.4, 0.5) is 10.5 Å². The van der Waals surface area contributed by atoms with Gasteiger partial charge in [0.15, 0.2) is 5.65 Å². The number of aromatic nitrogens is 3. The molecule has 12 nitrogen and oxygen atoms in total. The summed E-state index contributed by atoms with van der Waals surface area (Å²) in [6, 6.07) is 16.7. The quantitative estimate of drug-likeness (QED) is 0.171. The smallest absolute Gasteiger partial charge is 0.411 e. The van der Waals surface area contributed by atoms with E-state index >= 15 is 0 Å². The van der Waals surface area contributed by atoms with Crippen molar-refractivity contribution in [2.45, 2.75) is 30.8 Å². The third kappa shape index (κ3) is 6.93. The molecule has 5 rings (SSSR count). The third-order valence-corrected chi connectivity index (χ3v) is 6.82. The zero-order valence-corrected chi connectivity index (χ0v) is 22.5. The number of H-pyrrole nitrogens is 1. The summed E-state index contributed by atoms with van der Waals surface area (Å²) in [6.45, 7) is -0.839. The number of hydrogen-bond acceptors (Lipinski definition) is 10. The molecule has 4 aromatic rings. The zero-order chi connectivity index (χ0) is 28.9. The molecule has 0 saturated carbocycles. The lowest BCUT2D eigenvalue weighted by Crippen LogP contribution is -2.45. The number of nitrogens with one attached hydrogen (secondary N) is 2. The molecule has 13 heteroatoms. The number of pyridine rings is 1. The number of aromatic amines is 1. The molecule has 4 atom stereocenters. The SMILES string of the molecule is O=C(Nc1ccc(-c2ccc(-c3nc4nc(O[C@H]5CO[C@H](CO)[C@@H](O)C5)[nH]c4cc3Cl)cc2)cc1)OCC(O)CO. The van der Waals surface area contributed by atoms with Gasteiger partial charge in [-0.1, -0.05) is 48.0 Å². The average Bonchev–Trinajstić information content (AvgIpc) is 3.37. The van der Waals surface area contributed by atoms with E-state index in [2.05, 4.69) is 20.3 Å². The number of nitrogens with zero attached hydrogens (tertiary/aromatic N) is 2. The maximum absolute atomic E-state index is 11.8. The number of fused-ring (bicyclic) bond motifs is 1. The van der Waals surface area contributed by atoms with Crippen LogP contribution in [-0.4, -0.2) is 92.3 Å². The van der Waals surface area contributed by atoms with Gasteiger partial charge in [0.2, 0.25) is 0 Å². The van der Waals surface area contributed by atoms with E-state index in [0.29, 0.717) is 34.0 Å². The monoisotopic (exact) mass is 584 g/mol. The topological polar surface area (TPSA) is 179 Å². The number of rotatable bonds is 9. The van der Waals surface area contributed by atoms with Gasteiger partial charge in [-0.15, -0.1) is 0 Å². The summed E-state index contributed by atoms with van der Waals surface area (Å²) in [7, 11) is 0. The molecule has 0 bridgehead atoms. The van der Waals surface area contributed by atoms with Crippen molar-refractivity contribution in [1.29, 1.82) is 0 Å². The van der Waals surface area contributed by atoms with Crippen molar-refractivity contribution in [3.8, 4) is 28.4 Å². The predicted molar refractivity (Wildman–Crippen MR) is 150 cm³/mol. The van der Waals surface area contributed by atoms with Crippen LogP contribution >= 0.6 is 11.6 Å². The molecule has 1 aliphatic heterocycles. The number of anilines is 1. The predicted octanol–water partition coefficient (Wildman–Crippen LogP) is 2.74. The second-order valence-corrected chi connectivity index (χ2v) is 9.95. The van der Waals surface area contributed by atoms with E-state index in [1.165, 1.54) is 0 Å². The van der Waals surface area contributed by atoms with Gasteiger partial charge in [0.1, 0.15) is 24.9 Å². The van der Waals surface area contributed by atoms with Gasteiger partial charge in [-0.3, -0.25) is 5.32 Å². The Morgan fingerprint density at radius 2 is 1.78 bits per heavy atom. The largest absolute Gasteiger partial charge is 0.459 e. The van der Waals surface area contributed by atoms with E-state index in [0.717, 1.165) is 16.7 Å². The number of carbonyl (C=O) groups is 1. The number of ether oxygens (including phenoxy) is 3. The average molecular weight is 585 g/mol. The van der Waals surface area contributed by atoms with E-state index in [1.54, 1.807) is 18.2 Å². The maximum atomic E-state index is 11.8. The van der Waals surface area contributed by atoms with Crippen LogP contribution in [0.5, 0.6) is 6.01 Å². The lowest BCUT2D eigenvalue weighted by Gasteiger charge is -2.31. The van der Waals surface area contributed by atoms with Crippen molar-refractivity contribution >= 4 is 34.5 Å². The Labute approximate surface area is 239 Å². The van der Waals surface area contributed by atoms with Crippen LogP contribution < -0.4 is 10.1 Å². The molecular formula is C28H29ClN4O8. The van der Waals surface area contributed by atoms with Gasteiger partial charge in [0.05, 0.1) is 42.2 Å². The second-order valence-electron chi connectivity index (χ2n) is 9.54. The molecule has 1 saturated heterocycles. The van der Waals surface area contributed by atoms with Crippen LogP contribution in [-0.2, 0) is 9.47 Å². The van der Waals surface area contributed by atoms with Gasteiger partial charge in [-0.25, -0.2) is 9.78 Å². The number of hydrogen-bond donors (Lipinski definition) is 6. The minimum absolute atomic E-state index is 0.216. The van der Waals surface area contributed by atoms with Crippen molar-refractivity contribution in [3.05, 3.63) is 59.6 Å². The third-order valence-electron chi connectivity index (χ3n) is 6.53. The molecule has 1 aliphatic rings. The highest BCUT2D eigenvalue weighted by molar-refractivity contribution is 6.33. The van der Waals surface area contributed by atoms with Crippen LogP contribution in [0.1, 0.15) is 6.42 Å². The van der Waals surface area contributed by atoms with Gasteiger partial charge in [-0.2, -0.15) is 4.98 Å². The van der Waals surface area contributed by atoms with E-state index in [9.17, 15) is 20.1 Å². The molecule has 3 heterocycles. The lowest BCUT2D eigenvalue weighted by atomic mass is 10.0. The molecule has 1 fully saturated rings. The van der Waals surface area contributed by atoms with E-state index in [1.807, 2.05) is 36.4 Å². The van der Waals surface area contributed by atoms with E-state index < -0.39 is 37.1 Å². The summed E-state index contributed by atoms with van der Waals surface area (Å²) in [4.78, 5) is 23.9. The summed E-state index contributed by atoms with van der Waals surface area (Å²) < 4.78 is 16.1. The lowest BCUT2D eigenvalue weighted by molar-refractivity contribution is -0.131. The number of imidazole rings is 1. The first-order chi connectivity index (χ1) is 19.8. The molecule has 2 aromatic heterocycles. The summed E-state index contributed by atoms with van der Waals surface area (Å²) in [5.74, 6) is 0. The van der Waals surface area contributed by atoms with Gasteiger partial charge in [0, 0.05) is 17.7 Å². The van der Waals surface area contributed by atoms with Crippen LogP contribution in [0.3, 0.4) is 0 Å². The maximum Gasteiger partial charge on any atom is 0.411 e. The number of benzene rings is 2. The minimum atomic E-state index is -1.12. The van der Waals surface area contributed by atoms with Crippen molar-refractivity contribution in [2.24, 2.45) is 0 Å². The molecule has 1 amide bonds. The van der Waals surface area contributed by atoms with Crippen molar-refractivity contribution < 1.29 is 39.4 Å². The Kier molecular flexibility index (Phi) is 8.98. The summed E-state index contributed by atoms with van der Waals surface area (Å²) in [5, 5.41) is 40.4. The highest BCUT2D eigenvalue weighted by atomic mass is 35.5. The number of carbonyl (C=O) groups excluding carboxylic acids is 1. The molecule has 216 valence electrons. The Bertz CT molecular complexity index is 1480. The van der Waals surface area contributed by atoms with Gasteiger partial charge >= 0.3 is 6.09 Å². The van der Waals surface area contributed by atoms with Crippen LogP contribution in [0.2, 0.25) is 5.02 Å². The number of amides is 1. The first kappa shape index (κ1) is 28.7. The number of aliphatic hydroxyl groups excluding tert-OH is 4. The highest BCUT2D eigenvalue weighted by Gasteiger charge is 2.31. The van der Waals surface area contributed by atoms with Crippen molar-refractivity contribution in [1.82, 2.24) is 15.0 Å². The van der Waals surface area contributed by atoms with E-state index in [4.69, 9.17) is 30.9 Å². The molecule has 0 radical (unpaired) electrons. The Morgan fingerprint density at radius 1 is 1.10 bits per heavy atom. The van der Waals surface area contributed by atoms with Crippen molar-refractivity contribution in [3.63, 3.8) is 0 Å². The first-order valence-corrected chi connectivity index (χ1v) is 13.3.